The van der Waals surface area contributed by atoms with Crippen molar-refractivity contribution < 1.29 is 0 Å². The number of rotatable bonds is 3. The molecule has 0 unspecified atom stereocenters. The molecule has 5 heteroatoms. The largest absolute Gasteiger partial charge is 0.368 e. The third-order valence-electron chi connectivity index (χ3n) is 3.42. The van der Waals surface area contributed by atoms with Gasteiger partial charge in [0, 0.05) is 5.56 Å². The zero-order valence-corrected chi connectivity index (χ0v) is 12.6. The summed E-state index contributed by atoms with van der Waals surface area (Å²) in [4.78, 5) is 4.12. The van der Waals surface area contributed by atoms with E-state index in [1.54, 1.807) is 18.5 Å². The molecule has 0 fully saturated rings. The van der Waals surface area contributed by atoms with Crippen LogP contribution < -0.4 is 5.73 Å². The van der Waals surface area contributed by atoms with Gasteiger partial charge in [0.1, 0.15) is 0 Å². The highest BCUT2D eigenvalue weighted by atomic mass is 15.4. The van der Waals surface area contributed by atoms with Crippen molar-refractivity contribution in [3.63, 3.8) is 0 Å². The van der Waals surface area contributed by atoms with E-state index in [1.807, 2.05) is 49.4 Å². The Kier molecular flexibility index (Phi) is 3.89. The first-order valence-corrected chi connectivity index (χ1v) is 7.13. The molecule has 0 amide bonds. The minimum Gasteiger partial charge on any atom is -0.368 e. The molecule has 2 N–H and O–H groups in total. The number of hydrogen-bond acceptors (Lipinski definition) is 4. The lowest BCUT2D eigenvalue weighted by molar-refractivity contribution is 0.897. The summed E-state index contributed by atoms with van der Waals surface area (Å²) in [6, 6.07) is 17.5. The molecule has 0 atom stereocenters. The second-order valence-electron chi connectivity index (χ2n) is 5.11. The number of nitrogens with zero attached hydrogens (tertiary/aromatic N) is 4. The van der Waals surface area contributed by atoms with Crippen molar-refractivity contribution in [2.75, 3.05) is 5.73 Å². The fraction of sp³-hybridized carbons (Fsp3) is 0.0556. The molecule has 1 aromatic heterocycles. The summed E-state index contributed by atoms with van der Waals surface area (Å²) >= 11 is 0. The van der Waals surface area contributed by atoms with Crippen LogP contribution in [0.15, 0.2) is 59.8 Å². The Morgan fingerprint density at radius 1 is 1.22 bits per heavy atom. The zero-order valence-electron chi connectivity index (χ0n) is 12.6. The van der Waals surface area contributed by atoms with E-state index in [0.29, 0.717) is 11.5 Å². The van der Waals surface area contributed by atoms with E-state index < -0.39 is 0 Å². The Labute approximate surface area is 134 Å². The van der Waals surface area contributed by atoms with Gasteiger partial charge in [-0.3, -0.25) is 0 Å². The van der Waals surface area contributed by atoms with Crippen LogP contribution >= 0.6 is 0 Å². The number of nitrogen functional groups attached to an aromatic ring is 1. The van der Waals surface area contributed by atoms with E-state index in [9.17, 15) is 0 Å². The van der Waals surface area contributed by atoms with Gasteiger partial charge in [0.15, 0.2) is 0 Å². The third-order valence-corrected chi connectivity index (χ3v) is 3.42. The molecule has 0 saturated carbocycles. The van der Waals surface area contributed by atoms with Crippen molar-refractivity contribution in [3.05, 3.63) is 71.5 Å². The minimum absolute atomic E-state index is 0.350. The number of aryl methyl sites for hydroxylation is 1. The molecule has 1 heterocycles. The van der Waals surface area contributed by atoms with Crippen LogP contribution in [0.1, 0.15) is 16.8 Å². The Morgan fingerprint density at radius 3 is 2.78 bits per heavy atom. The molecule has 23 heavy (non-hydrogen) atoms. The standard InChI is InChI=1S/C18H15N5/c1-13-12-23(18(20)22-13)21-11-16-6-2-3-8-17(16)15-7-4-5-14(9-15)10-19/h2-9,11-12H,1H3,(H2,20,22). The van der Waals surface area contributed by atoms with Crippen molar-refractivity contribution in [1.29, 1.82) is 5.26 Å². The van der Waals surface area contributed by atoms with Crippen molar-refractivity contribution in [1.82, 2.24) is 9.66 Å². The second kappa shape index (κ2) is 6.16. The topological polar surface area (TPSA) is 80.0 Å². The number of imidazole rings is 1. The van der Waals surface area contributed by atoms with Gasteiger partial charge < -0.3 is 5.73 Å². The van der Waals surface area contributed by atoms with Crippen molar-refractivity contribution in [2.24, 2.45) is 5.10 Å². The molecule has 3 aromatic rings. The highest BCUT2D eigenvalue weighted by molar-refractivity contribution is 5.90. The van der Waals surface area contributed by atoms with E-state index in [4.69, 9.17) is 11.0 Å². The number of aromatic nitrogens is 2. The third kappa shape index (κ3) is 3.11. The average molecular weight is 301 g/mol. The zero-order chi connectivity index (χ0) is 16.2. The molecular formula is C18H15N5. The van der Waals surface area contributed by atoms with Crippen LogP contribution in [0.5, 0.6) is 0 Å². The molecule has 0 radical (unpaired) electrons. The van der Waals surface area contributed by atoms with Crippen LogP contribution in [0.2, 0.25) is 0 Å². The second-order valence-corrected chi connectivity index (χ2v) is 5.11. The lowest BCUT2D eigenvalue weighted by Crippen LogP contribution is -1.97. The van der Waals surface area contributed by atoms with Crippen molar-refractivity contribution in [2.45, 2.75) is 6.92 Å². The van der Waals surface area contributed by atoms with Gasteiger partial charge in [-0.05, 0) is 30.2 Å². The fourth-order valence-corrected chi connectivity index (χ4v) is 2.35. The monoisotopic (exact) mass is 301 g/mol. The summed E-state index contributed by atoms with van der Waals surface area (Å²) in [7, 11) is 0. The van der Waals surface area contributed by atoms with Crippen LogP contribution in [0.3, 0.4) is 0 Å². The summed E-state index contributed by atoms with van der Waals surface area (Å²) in [5.41, 5.74) is 10.2. The first-order chi connectivity index (χ1) is 11.2. The van der Waals surface area contributed by atoms with Crippen LogP contribution in [-0.4, -0.2) is 15.9 Å². The van der Waals surface area contributed by atoms with Crippen LogP contribution in [0, 0.1) is 18.3 Å². The normalized spacial score (nSPS) is 10.8. The molecule has 0 bridgehead atoms. The van der Waals surface area contributed by atoms with E-state index in [-0.39, 0.29) is 0 Å². The fourth-order valence-electron chi connectivity index (χ4n) is 2.35. The van der Waals surface area contributed by atoms with Gasteiger partial charge in [-0.25, -0.2) is 9.66 Å². The van der Waals surface area contributed by atoms with Crippen LogP contribution in [-0.2, 0) is 0 Å². The minimum atomic E-state index is 0.350. The Bertz CT molecular complexity index is 915. The molecule has 5 nitrogen and oxygen atoms in total. The van der Waals surface area contributed by atoms with Gasteiger partial charge in [0.05, 0.1) is 29.7 Å². The van der Waals surface area contributed by atoms with Gasteiger partial charge in [0.2, 0.25) is 5.95 Å². The van der Waals surface area contributed by atoms with Crippen LogP contribution in [0.4, 0.5) is 5.95 Å². The summed E-state index contributed by atoms with van der Waals surface area (Å²) < 4.78 is 1.54. The summed E-state index contributed by atoms with van der Waals surface area (Å²) in [5, 5.41) is 13.4. The maximum Gasteiger partial charge on any atom is 0.221 e. The molecule has 3 rings (SSSR count). The molecule has 2 aromatic carbocycles. The quantitative estimate of drug-likeness (QED) is 0.754. The summed E-state index contributed by atoms with van der Waals surface area (Å²) in [6.45, 7) is 1.86. The van der Waals surface area contributed by atoms with Gasteiger partial charge in [-0.2, -0.15) is 10.4 Å². The van der Waals surface area contributed by atoms with E-state index >= 15 is 0 Å². The number of benzene rings is 2. The first kappa shape index (κ1) is 14.5. The van der Waals surface area contributed by atoms with Gasteiger partial charge >= 0.3 is 0 Å². The molecule has 0 aliphatic carbocycles. The van der Waals surface area contributed by atoms with Gasteiger partial charge in [0.25, 0.3) is 0 Å². The summed E-state index contributed by atoms with van der Waals surface area (Å²) in [5.74, 6) is 0.350. The molecular weight excluding hydrogens is 286 g/mol. The molecule has 112 valence electrons. The highest BCUT2D eigenvalue weighted by Crippen LogP contribution is 2.23. The lowest BCUT2D eigenvalue weighted by Gasteiger charge is -2.06. The molecule has 0 saturated heterocycles. The van der Waals surface area contributed by atoms with E-state index in [1.165, 1.54) is 4.68 Å². The molecule has 0 spiro atoms. The maximum atomic E-state index is 9.06. The molecule has 0 aliphatic rings. The predicted octanol–water partition coefficient (Wildman–Crippen LogP) is 3.19. The number of anilines is 1. The smallest absolute Gasteiger partial charge is 0.221 e. The van der Waals surface area contributed by atoms with Crippen LogP contribution in [0.25, 0.3) is 11.1 Å². The lowest BCUT2D eigenvalue weighted by atomic mass is 9.99. The Hall–Kier alpha value is -3.39. The number of nitrogens with two attached hydrogens (primary N) is 1. The number of hydrogen-bond donors (Lipinski definition) is 1. The first-order valence-electron chi connectivity index (χ1n) is 7.13. The molecule has 0 aliphatic heterocycles. The predicted molar refractivity (Wildman–Crippen MR) is 91.0 cm³/mol. The van der Waals surface area contributed by atoms with E-state index in [0.717, 1.165) is 22.4 Å². The van der Waals surface area contributed by atoms with Gasteiger partial charge in [-0.15, -0.1) is 0 Å². The highest BCUT2D eigenvalue weighted by Gasteiger charge is 2.04. The van der Waals surface area contributed by atoms with Crippen molar-refractivity contribution in [3.8, 4) is 17.2 Å². The number of nitriles is 1. The average Bonchev–Trinajstić information content (AvgIpc) is 2.91. The SMILES string of the molecule is Cc1cn(N=Cc2ccccc2-c2cccc(C#N)c2)c(N)n1. The summed E-state index contributed by atoms with van der Waals surface area (Å²) in [6.07, 6.45) is 3.51. The Balaban J connectivity index is 2.01. The van der Waals surface area contributed by atoms with E-state index in [2.05, 4.69) is 16.2 Å². The van der Waals surface area contributed by atoms with Gasteiger partial charge in [-0.1, -0.05) is 36.4 Å². The maximum absolute atomic E-state index is 9.06. The van der Waals surface area contributed by atoms with Crippen molar-refractivity contribution >= 4 is 12.2 Å². The Morgan fingerprint density at radius 2 is 2.04 bits per heavy atom.